The van der Waals surface area contributed by atoms with Crippen molar-refractivity contribution in [1.82, 2.24) is 4.57 Å². The van der Waals surface area contributed by atoms with Gasteiger partial charge in [0.1, 0.15) is 0 Å². The van der Waals surface area contributed by atoms with Crippen LogP contribution in [0.1, 0.15) is 15.2 Å². The van der Waals surface area contributed by atoms with E-state index in [1.165, 1.54) is 6.07 Å². The summed E-state index contributed by atoms with van der Waals surface area (Å²) < 4.78 is 1.60. The Morgan fingerprint density at radius 1 is 1.20 bits per heavy atom. The zero-order valence-electron chi connectivity index (χ0n) is 10.4. The van der Waals surface area contributed by atoms with Crippen molar-refractivity contribution in [1.29, 1.82) is 0 Å². The molecule has 0 unspecified atom stereocenters. The maximum atomic E-state index is 12.2. The molecule has 4 nitrogen and oxygen atoms in total. The molecule has 0 fully saturated rings. The number of carboxylic acids is 1. The molecule has 0 aliphatic rings. The molecule has 0 aliphatic carbocycles. The van der Waals surface area contributed by atoms with E-state index in [0.29, 0.717) is 17.4 Å². The molecule has 0 amide bonds. The van der Waals surface area contributed by atoms with Gasteiger partial charge in [0.15, 0.2) is 0 Å². The van der Waals surface area contributed by atoms with E-state index >= 15 is 0 Å². The topological polar surface area (TPSA) is 59.3 Å². The Kier molecular flexibility index (Phi) is 3.12. The number of rotatable bonds is 3. The number of thiophene rings is 1. The first kappa shape index (κ1) is 12.6. The van der Waals surface area contributed by atoms with Crippen LogP contribution in [0.3, 0.4) is 0 Å². The molecule has 100 valence electrons. The van der Waals surface area contributed by atoms with Crippen molar-refractivity contribution in [2.24, 2.45) is 0 Å². The quantitative estimate of drug-likeness (QED) is 0.805. The highest BCUT2D eigenvalue weighted by atomic mass is 32.1. The van der Waals surface area contributed by atoms with E-state index in [4.69, 9.17) is 0 Å². The average molecular weight is 285 g/mol. The normalized spacial score (nSPS) is 10.8. The van der Waals surface area contributed by atoms with E-state index < -0.39 is 5.97 Å². The first-order valence-electron chi connectivity index (χ1n) is 6.05. The summed E-state index contributed by atoms with van der Waals surface area (Å²) in [4.78, 5) is 24.5. The van der Waals surface area contributed by atoms with Gasteiger partial charge in [-0.05, 0) is 17.5 Å². The van der Waals surface area contributed by atoms with Gasteiger partial charge < -0.3 is 9.67 Å². The van der Waals surface area contributed by atoms with Gasteiger partial charge in [-0.2, -0.15) is 0 Å². The van der Waals surface area contributed by atoms with Crippen molar-refractivity contribution in [3.05, 3.63) is 68.6 Å². The fourth-order valence-corrected chi connectivity index (χ4v) is 2.93. The number of aromatic carboxylic acids is 1. The average Bonchev–Trinajstić information content (AvgIpc) is 2.94. The summed E-state index contributed by atoms with van der Waals surface area (Å²) in [5.41, 5.74) is 0.397. The minimum atomic E-state index is -1.08. The molecule has 0 saturated heterocycles. The number of carboxylic acid groups (broad SMARTS) is 1. The molecule has 3 aromatic rings. The first-order chi connectivity index (χ1) is 9.66. The predicted octanol–water partition coefficient (Wildman–Crippen LogP) is 2.81. The molecule has 0 aliphatic heterocycles. The van der Waals surface area contributed by atoms with Crippen molar-refractivity contribution in [2.75, 3.05) is 0 Å². The lowest BCUT2D eigenvalue weighted by Crippen LogP contribution is -2.22. The second-order valence-corrected chi connectivity index (χ2v) is 5.42. The van der Waals surface area contributed by atoms with Gasteiger partial charge in [0.2, 0.25) is 0 Å². The Bertz CT molecular complexity index is 834. The van der Waals surface area contributed by atoms with Crippen LogP contribution in [0.5, 0.6) is 0 Å². The molecule has 0 saturated carbocycles. The van der Waals surface area contributed by atoms with E-state index in [9.17, 15) is 14.7 Å². The number of hydrogen-bond donors (Lipinski definition) is 1. The lowest BCUT2D eigenvalue weighted by atomic mass is 10.1. The Labute approximate surface area is 118 Å². The Morgan fingerprint density at radius 3 is 2.70 bits per heavy atom. The fourth-order valence-electron chi connectivity index (χ4n) is 2.23. The van der Waals surface area contributed by atoms with Crippen molar-refractivity contribution < 1.29 is 9.90 Å². The van der Waals surface area contributed by atoms with Gasteiger partial charge in [-0.1, -0.05) is 24.3 Å². The zero-order chi connectivity index (χ0) is 14.1. The number of carbonyl (C=O) groups is 1. The number of benzene rings is 1. The largest absolute Gasteiger partial charge is 0.478 e. The maximum Gasteiger partial charge on any atom is 0.336 e. The summed E-state index contributed by atoms with van der Waals surface area (Å²) in [5, 5.41) is 11.7. The van der Waals surface area contributed by atoms with Gasteiger partial charge in [-0.3, -0.25) is 4.79 Å². The van der Waals surface area contributed by atoms with E-state index in [-0.39, 0.29) is 11.1 Å². The van der Waals surface area contributed by atoms with Crippen LogP contribution in [0.4, 0.5) is 0 Å². The van der Waals surface area contributed by atoms with E-state index in [1.807, 2.05) is 17.5 Å². The first-order valence-corrected chi connectivity index (χ1v) is 6.93. The summed E-state index contributed by atoms with van der Waals surface area (Å²) in [7, 11) is 0. The molecule has 20 heavy (non-hydrogen) atoms. The lowest BCUT2D eigenvalue weighted by molar-refractivity contribution is 0.0698. The molecule has 1 aromatic carbocycles. The van der Waals surface area contributed by atoms with Gasteiger partial charge in [0, 0.05) is 16.3 Å². The summed E-state index contributed by atoms with van der Waals surface area (Å²) in [6.07, 6.45) is 0. The molecule has 0 spiro atoms. The number of nitrogens with zero attached hydrogens (tertiary/aromatic N) is 1. The number of pyridine rings is 1. The SMILES string of the molecule is O=C(O)c1cc(=O)n(Cc2cccs2)c2ccccc12. The lowest BCUT2D eigenvalue weighted by Gasteiger charge is -2.11. The molecule has 1 N–H and O–H groups in total. The highest BCUT2D eigenvalue weighted by Crippen LogP contribution is 2.19. The number of aromatic nitrogens is 1. The second-order valence-electron chi connectivity index (χ2n) is 4.38. The van der Waals surface area contributed by atoms with Crippen LogP contribution in [-0.2, 0) is 6.54 Å². The van der Waals surface area contributed by atoms with Crippen LogP contribution in [0.15, 0.2) is 52.6 Å². The zero-order valence-corrected chi connectivity index (χ0v) is 11.3. The van der Waals surface area contributed by atoms with Crippen LogP contribution >= 0.6 is 11.3 Å². The molecular formula is C15H11NO3S. The minimum absolute atomic E-state index is 0.0491. The molecule has 0 radical (unpaired) electrons. The third kappa shape index (κ3) is 2.12. The number of hydrogen-bond acceptors (Lipinski definition) is 3. The van der Waals surface area contributed by atoms with Gasteiger partial charge in [-0.25, -0.2) is 4.79 Å². The van der Waals surface area contributed by atoms with Gasteiger partial charge >= 0.3 is 5.97 Å². The summed E-state index contributed by atoms with van der Waals surface area (Å²) in [6.45, 7) is 0.455. The Morgan fingerprint density at radius 2 is 2.00 bits per heavy atom. The Hall–Kier alpha value is -2.40. The fraction of sp³-hybridized carbons (Fsp3) is 0.0667. The monoisotopic (exact) mass is 285 g/mol. The van der Waals surface area contributed by atoms with Crippen LogP contribution in [0, 0.1) is 0 Å². The van der Waals surface area contributed by atoms with Crippen LogP contribution in [-0.4, -0.2) is 15.6 Å². The minimum Gasteiger partial charge on any atom is -0.478 e. The smallest absolute Gasteiger partial charge is 0.336 e. The summed E-state index contributed by atoms with van der Waals surface area (Å²) in [5.74, 6) is -1.08. The molecular weight excluding hydrogens is 274 g/mol. The van der Waals surface area contributed by atoms with E-state index in [2.05, 4.69) is 0 Å². The molecule has 2 aromatic heterocycles. The third-order valence-electron chi connectivity index (χ3n) is 3.14. The second kappa shape index (κ2) is 4.94. The molecule has 0 bridgehead atoms. The maximum absolute atomic E-state index is 12.2. The van der Waals surface area contributed by atoms with Gasteiger partial charge in [0.05, 0.1) is 17.6 Å². The van der Waals surface area contributed by atoms with Gasteiger partial charge in [-0.15, -0.1) is 11.3 Å². The number of fused-ring (bicyclic) bond motifs is 1. The van der Waals surface area contributed by atoms with Gasteiger partial charge in [0.25, 0.3) is 5.56 Å². The molecule has 3 rings (SSSR count). The highest BCUT2D eigenvalue weighted by molar-refractivity contribution is 7.09. The van der Waals surface area contributed by atoms with E-state index in [0.717, 1.165) is 4.88 Å². The highest BCUT2D eigenvalue weighted by Gasteiger charge is 2.13. The van der Waals surface area contributed by atoms with Crippen molar-refractivity contribution in [2.45, 2.75) is 6.54 Å². The summed E-state index contributed by atoms with van der Waals surface area (Å²) >= 11 is 1.57. The molecule has 0 atom stereocenters. The third-order valence-corrected chi connectivity index (χ3v) is 4.00. The van der Waals surface area contributed by atoms with Crippen LogP contribution in [0.2, 0.25) is 0 Å². The molecule has 2 heterocycles. The number of para-hydroxylation sites is 1. The van der Waals surface area contributed by atoms with Crippen molar-refractivity contribution in [3.63, 3.8) is 0 Å². The predicted molar refractivity (Wildman–Crippen MR) is 78.6 cm³/mol. The van der Waals surface area contributed by atoms with Crippen molar-refractivity contribution in [3.8, 4) is 0 Å². The standard InChI is InChI=1S/C15H11NO3S/c17-14-8-12(15(18)19)11-5-1-2-6-13(11)16(14)9-10-4-3-7-20-10/h1-8H,9H2,(H,18,19). The molecule has 5 heteroatoms. The van der Waals surface area contributed by atoms with Crippen LogP contribution < -0.4 is 5.56 Å². The van der Waals surface area contributed by atoms with Crippen molar-refractivity contribution >= 4 is 28.2 Å². The van der Waals surface area contributed by atoms with E-state index in [1.54, 1.807) is 40.2 Å². The summed E-state index contributed by atoms with van der Waals surface area (Å²) in [6, 6.07) is 12.2. The van der Waals surface area contributed by atoms with Crippen LogP contribution in [0.25, 0.3) is 10.9 Å². The Balaban J connectivity index is 2.27.